The third kappa shape index (κ3) is 4.66. The van der Waals surface area contributed by atoms with Gasteiger partial charge in [0.15, 0.2) is 5.13 Å². The zero-order valence-corrected chi connectivity index (χ0v) is 11.6. The Hall–Kier alpha value is -1.38. The minimum absolute atomic E-state index is 0.0305. The fourth-order valence-electron chi connectivity index (χ4n) is 2.33. The highest BCUT2D eigenvalue weighted by atomic mass is 32.1. The molecule has 1 fully saturated rings. The van der Waals surface area contributed by atoms with Crippen LogP contribution in [0, 0.1) is 17.8 Å². The Balaban J connectivity index is 1.76. The van der Waals surface area contributed by atoms with E-state index >= 15 is 0 Å². The molecular weight excluding hydrogens is 260 g/mol. The van der Waals surface area contributed by atoms with Crippen molar-refractivity contribution in [3.8, 4) is 11.8 Å². The zero-order chi connectivity index (χ0) is 13.5. The quantitative estimate of drug-likeness (QED) is 0.831. The number of carbonyl (C=O) groups is 1. The molecule has 1 heterocycles. The molecule has 5 heteroatoms. The Kier molecular flexibility index (Phi) is 5.37. The van der Waals surface area contributed by atoms with Crippen LogP contribution in [-0.2, 0) is 4.79 Å². The van der Waals surface area contributed by atoms with Gasteiger partial charge in [0.1, 0.15) is 6.61 Å². The molecule has 0 aliphatic heterocycles. The molecule has 2 N–H and O–H groups in total. The van der Waals surface area contributed by atoms with Gasteiger partial charge < -0.3 is 10.4 Å². The van der Waals surface area contributed by atoms with Crippen molar-refractivity contribution in [3.63, 3.8) is 0 Å². The van der Waals surface area contributed by atoms with Crippen LogP contribution in [0.4, 0.5) is 5.13 Å². The molecular formula is C14H18N2O2S. The molecule has 0 atom stereocenters. The fraction of sp³-hybridized carbons (Fsp3) is 0.571. The number of thiazole rings is 1. The summed E-state index contributed by atoms with van der Waals surface area (Å²) in [6.45, 7) is -0.166. The van der Waals surface area contributed by atoms with Crippen molar-refractivity contribution in [2.75, 3.05) is 11.9 Å². The van der Waals surface area contributed by atoms with E-state index in [4.69, 9.17) is 5.11 Å². The Morgan fingerprint density at radius 3 is 3.05 bits per heavy atom. The Labute approximate surface area is 117 Å². The van der Waals surface area contributed by atoms with E-state index in [0.29, 0.717) is 11.6 Å². The molecule has 0 bridgehead atoms. The standard InChI is InChI=1S/C14H18N2O2S/c17-9-3-6-12-10-15-14(19-12)16-13(18)8-7-11-4-1-2-5-11/h10-11,17H,1-2,4-5,7-9H2,(H,15,16,18). The van der Waals surface area contributed by atoms with Gasteiger partial charge in [0, 0.05) is 6.42 Å². The SMILES string of the molecule is O=C(CCC1CCCC1)Nc1ncc(C#CCO)s1. The molecule has 0 aromatic carbocycles. The summed E-state index contributed by atoms with van der Waals surface area (Å²) >= 11 is 1.33. The number of amides is 1. The van der Waals surface area contributed by atoms with E-state index < -0.39 is 0 Å². The van der Waals surface area contributed by atoms with Gasteiger partial charge in [0.2, 0.25) is 5.91 Å². The Bertz CT molecular complexity index is 481. The number of anilines is 1. The molecule has 1 aliphatic rings. The van der Waals surface area contributed by atoms with Crippen molar-refractivity contribution in [2.45, 2.75) is 38.5 Å². The number of aliphatic hydroxyl groups is 1. The highest BCUT2D eigenvalue weighted by molar-refractivity contribution is 7.16. The number of aromatic nitrogens is 1. The molecule has 1 amide bonds. The van der Waals surface area contributed by atoms with Crippen LogP contribution in [0.3, 0.4) is 0 Å². The molecule has 2 rings (SSSR count). The predicted octanol–water partition coefficient (Wildman–Crippen LogP) is 2.40. The second-order valence-corrected chi connectivity index (χ2v) is 5.76. The van der Waals surface area contributed by atoms with Crippen LogP contribution in [0.25, 0.3) is 0 Å². The van der Waals surface area contributed by atoms with Crippen LogP contribution >= 0.6 is 11.3 Å². The third-order valence-corrected chi connectivity index (χ3v) is 4.13. The van der Waals surface area contributed by atoms with Crippen LogP contribution in [0.15, 0.2) is 6.20 Å². The van der Waals surface area contributed by atoms with Crippen molar-refractivity contribution in [2.24, 2.45) is 5.92 Å². The summed E-state index contributed by atoms with van der Waals surface area (Å²) in [6.07, 6.45) is 8.32. The molecule has 1 saturated carbocycles. The maximum Gasteiger partial charge on any atom is 0.226 e. The molecule has 4 nitrogen and oxygen atoms in total. The maximum atomic E-state index is 11.8. The van der Waals surface area contributed by atoms with E-state index in [2.05, 4.69) is 22.1 Å². The predicted molar refractivity (Wildman–Crippen MR) is 75.9 cm³/mol. The number of nitrogens with one attached hydrogen (secondary N) is 1. The number of nitrogens with zero attached hydrogens (tertiary/aromatic N) is 1. The second-order valence-electron chi connectivity index (χ2n) is 4.73. The summed E-state index contributed by atoms with van der Waals surface area (Å²) in [4.78, 5) is 16.6. The molecule has 102 valence electrons. The van der Waals surface area contributed by atoms with E-state index in [9.17, 15) is 4.79 Å². The average Bonchev–Trinajstić information content (AvgIpc) is 3.05. The van der Waals surface area contributed by atoms with Crippen LogP contribution in [0.5, 0.6) is 0 Å². The van der Waals surface area contributed by atoms with Crippen LogP contribution in [-0.4, -0.2) is 22.6 Å². The van der Waals surface area contributed by atoms with Crippen molar-refractivity contribution in [3.05, 3.63) is 11.1 Å². The van der Waals surface area contributed by atoms with Gasteiger partial charge in [0.05, 0.1) is 11.1 Å². The smallest absolute Gasteiger partial charge is 0.226 e. The molecule has 0 saturated heterocycles. The summed E-state index contributed by atoms with van der Waals surface area (Å²) in [7, 11) is 0. The molecule has 0 radical (unpaired) electrons. The maximum absolute atomic E-state index is 11.8. The van der Waals surface area contributed by atoms with Crippen molar-refractivity contribution < 1.29 is 9.90 Å². The largest absolute Gasteiger partial charge is 0.384 e. The van der Waals surface area contributed by atoms with Gasteiger partial charge in [-0.25, -0.2) is 4.98 Å². The minimum Gasteiger partial charge on any atom is -0.384 e. The van der Waals surface area contributed by atoms with E-state index in [0.717, 1.165) is 17.2 Å². The monoisotopic (exact) mass is 278 g/mol. The summed E-state index contributed by atoms with van der Waals surface area (Å²) < 4.78 is 0. The lowest BCUT2D eigenvalue weighted by atomic mass is 10.0. The Morgan fingerprint density at radius 1 is 1.53 bits per heavy atom. The van der Waals surface area contributed by atoms with E-state index in [1.807, 2.05) is 0 Å². The normalized spacial score (nSPS) is 15.0. The lowest BCUT2D eigenvalue weighted by Gasteiger charge is -2.07. The first-order chi connectivity index (χ1) is 9.28. The van der Waals surface area contributed by atoms with Crippen LogP contribution in [0.2, 0.25) is 0 Å². The Morgan fingerprint density at radius 2 is 2.32 bits per heavy atom. The first kappa shape index (κ1) is 14.0. The highest BCUT2D eigenvalue weighted by Gasteiger charge is 2.16. The van der Waals surface area contributed by atoms with Gasteiger partial charge >= 0.3 is 0 Å². The number of hydrogen-bond donors (Lipinski definition) is 2. The average molecular weight is 278 g/mol. The van der Waals surface area contributed by atoms with Gasteiger partial charge in [-0.1, -0.05) is 48.9 Å². The van der Waals surface area contributed by atoms with E-state index in [1.165, 1.54) is 37.0 Å². The summed E-state index contributed by atoms with van der Waals surface area (Å²) in [5, 5.41) is 12.0. The number of rotatable bonds is 4. The number of aliphatic hydroxyl groups excluding tert-OH is 1. The van der Waals surface area contributed by atoms with Gasteiger partial charge in [-0.2, -0.15) is 0 Å². The zero-order valence-electron chi connectivity index (χ0n) is 10.8. The van der Waals surface area contributed by atoms with Crippen LogP contribution < -0.4 is 5.32 Å². The van der Waals surface area contributed by atoms with Gasteiger partial charge in [-0.05, 0) is 12.3 Å². The summed E-state index contributed by atoms with van der Waals surface area (Å²) in [5.41, 5.74) is 0. The first-order valence-electron chi connectivity index (χ1n) is 6.63. The number of carbonyl (C=O) groups excluding carboxylic acids is 1. The van der Waals surface area contributed by atoms with Crippen molar-refractivity contribution >= 4 is 22.4 Å². The molecule has 0 spiro atoms. The molecule has 1 aromatic heterocycles. The van der Waals surface area contributed by atoms with Gasteiger partial charge in [0.25, 0.3) is 0 Å². The molecule has 1 aliphatic carbocycles. The highest BCUT2D eigenvalue weighted by Crippen LogP contribution is 2.28. The van der Waals surface area contributed by atoms with Gasteiger partial charge in [-0.15, -0.1) is 0 Å². The minimum atomic E-state index is -0.166. The summed E-state index contributed by atoms with van der Waals surface area (Å²) in [5.74, 6) is 6.09. The van der Waals surface area contributed by atoms with Crippen molar-refractivity contribution in [1.82, 2.24) is 4.98 Å². The van der Waals surface area contributed by atoms with Crippen LogP contribution in [0.1, 0.15) is 43.4 Å². The van der Waals surface area contributed by atoms with Gasteiger partial charge in [-0.3, -0.25) is 4.79 Å². The second kappa shape index (κ2) is 7.27. The van der Waals surface area contributed by atoms with E-state index in [-0.39, 0.29) is 12.5 Å². The fourth-order valence-corrected chi connectivity index (χ4v) is 3.04. The third-order valence-electron chi connectivity index (χ3n) is 3.30. The van der Waals surface area contributed by atoms with E-state index in [1.54, 1.807) is 6.20 Å². The lowest BCUT2D eigenvalue weighted by molar-refractivity contribution is -0.116. The molecule has 0 unspecified atom stereocenters. The lowest BCUT2D eigenvalue weighted by Crippen LogP contribution is -2.12. The number of hydrogen-bond acceptors (Lipinski definition) is 4. The molecule has 1 aromatic rings. The topological polar surface area (TPSA) is 62.2 Å². The van der Waals surface area contributed by atoms with Crippen molar-refractivity contribution in [1.29, 1.82) is 0 Å². The molecule has 19 heavy (non-hydrogen) atoms. The first-order valence-corrected chi connectivity index (χ1v) is 7.45. The summed E-state index contributed by atoms with van der Waals surface area (Å²) in [6, 6.07) is 0.